The van der Waals surface area contributed by atoms with Gasteiger partial charge in [0.1, 0.15) is 5.75 Å². The van der Waals surface area contributed by atoms with E-state index in [1.165, 1.54) is 0 Å². The third kappa shape index (κ3) is 1.87. The molecule has 0 spiro atoms. The van der Waals surface area contributed by atoms with Crippen LogP contribution in [-0.4, -0.2) is 20.1 Å². The highest BCUT2D eigenvalue weighted by Crippen LogP contribution is 2.23. The summed E-state index contributed by atoms with van der Waals surface area (Å²) in [5, 5.41) is 2.60. The van der Waals surface area contributed by atoms with E-state index in [4.69, 9.17) is 4.74 Å². The minimum atomic E-state index is -0.112. The van der Waals surface area contributed by atoms with E-state index < -0.39 is 0 Å². The fraction of sp³-hybridized carbons (Fsp3) is 0.364. The maximum absolute atomic E-state index is 11.5. The SMILES string of the molecule is CNC(=O)c1c(C)cc(C)cc1OC. The van der Waals surface area contributed by atoms with Gasteiger partial charge in [0.15, 0.2) is 0 Å². The highest BCUT2D eigenvalue weighted by molar-refractivity contribution is 5.98. The Hall–Kier alpha value is -1.51. The van der Waals surface area contributed by atoms with Crippen LogP contribution in [0.1, 0.15) is 21.5 Å². The number of ether oxygens (including phenoxy) is 1. The summed E-state index contributed by atoms with van der Waals surface area (Å²) in [6.07, 6.45) is 0. The molecule has 0 aliphatic carbocycles. The van der Waals surface area contributed by atoms with Crippen LogP contribution >= 0.6 is 0 Å². The van der Waals surface area contributed by atoms with Crippen LogP contribution in [0, 0.1) is 13.8 Å². The molecule has 0 atom stereocenters. The lowest BCUT2D eigenvalue weighted by molar-refractivity contribution is 0.0959. The fourth-order valence-corrected chi connectivity index (χ4v) is 1.51. The van der Waals surface area contributed by atoms with Crippen molar-refractivity contribution in [2.75, 3.05) is 14.2 Å². The molecule has 0 radical (unpaired) electrons. The fourth-order valence-electron chi connectivity index (χ4n) is 1.51. The second-order valence-electron chi connectivity index (χ2n) is 3.24. The molecule has 0 fully saturated rings. The predicted octanol–water partition coefficient (Wildman–Crippen LogP) is 1.67. The summed E-state index contributed by atoms with van der Waals surface area (Å²) < 4.78 is 5.17. The predicted molar refractivity (Wildman–Crippen MR) is 55.9 cm³/mol. The summed E-state index contributed by atoms with van der Waals surface area (Å²) in [6, 6.07) is 3.82. The number of nitrogens with one attached hydrogen (secondary N) is 1. The molecule has 76 valence electrons. The third-order valence-electron chi connectivity index (χ3n) is 2.12. The van der Waals surface area contributed by atoms with E-state index in [9.17, 15) is 4.79 Å². The zero-order valence-corrected chi connectivity index (χ0v) is 8.97. The standard InChI is InChI=1S/C11H15NO2/c1-7-5-8(2)10(11(13)12-3)9(6-7)14-4/h5-6H,1-4H3,(H,12,13). The van der Waals surface area contributed by atoms with Gasteiger partial charge in [-0.1, -0.05) is 6.07 Å². The van der Waals surface area contributed by atoms with Crippen molar-refractivity contribution in [3.05, 3.63) is 28.8 Å². The normalized spacial score (nSPS) is 9.71. The number of carbonyl (C=O) groups excluding carboxylic acids is 1. The van der Waals surface area contributed by atoms with Crippen LogP contribution in [0.5, 0.6) is 5.75 Å². The van der Waals surface area contributed by atoms with Crippen molar-refractivity contribution in [3.8, 4) is 5.75 Å². The molecule has 3 heteroatoms. The molecule has 0 saturated carbocycles. The van der Waals surface area contributed by atoms with Crippen molar-refractivity contribution < 1.29 is 9.53 Å². The van der Waals surface area contributed by atoms with Crippen LogP contribution in [0.25, 0.3) is 0 Å². The number of aryl methyl sites for hydroxylation is 2. The molecular formula is C11H15NO2. The van der Waals surface area contributed by atoms with Crippen molar-refractivity contribution >= 4 is 5.91 Å². The molecule has 1 aromatic carbocycles. The van der Waals surface area contributed by atoms with E-state index in [1.807, 2.05) is 26.0 Å². The molecule has 0 unspecified atom stereocenters. The van der Waals surface area contributed by atoms with Gasteiger partial charge in [0.05, 0.1) is 12.7 Å². The van der Waals surface area contributed by atoms with Gasteiger partial charge in [0.2, 0.25) is 0 Å². The van der Waals surface area contributed by atoms with E-state index in [0.717, 1.165) is 11.1 Å². The van der Waals surface area contributed by atoms with Crippen LogP contribution in [0.15, 0.2) is 12.1 Å². The maximum Gasteiger partial charge on any atom is 0.255 e. The molecule has 0 aliphatic heterocycles. The Bertz CT molecular complexity index is 359. The molecular weight excluding hydrogens is 178 g/mol. The molecule has 3 nitrogen and oxygen atoms in total. The number of methoxy groups -OCH3 is 1. The quantitative estimate of drug-likeness (QED) is 0.776. The van der Waals surface area contributed by atoms with Crippen LogP contribution in [0.4, 0.5) is 0 Å². The second kappa shape index (κ2) is 4.13. The zero-order valence-electron chi connectivity index (χ0n) is 8.97. The molecule has 1 amide bonds. The molecule has 0 heterocycles. The maximum atomic E-state index is 11.5. The van der Waals surface area contributed by atoms with Gasteiger partial charge in [-0.25, -0.2) is 0 Å². The number of hydrogen-bond acceptors (Lipinski definition) is 2. The summed E-state index contributed by atoms with van der Waals surface area (Å²) >= 11 is 0. The van der Waals surface area contributed by atoms with Crippen LogP contribution in [0.3, 0.4) is 0 Å². The molecule has 1 aromatic rings. The number of carbonyl (C=O) groups is 1. The molecule has 0 saturated heterocycles. The summed E-state index contributed by atoms with van der Waals surface area (Å²) in [6.45, 7) is 3.88. The molecule has 1 N–H and O–H groups in total. The van der Waals surface area contributed by atoms with Crippen molar-refractivity contribution in [2.45, 2.75) is 13.8 Å². The van der Waals surface area contributed by atoms with E-state index in [-0.39, 0.29) is 5.91 Å². The van der Waals surface area contributed by atoms with Crippen molar-refractivity contribution in [3.63, 3.8) is 0 Å². The Kier molecular flexibility index (Phi) is 3.12. The number of rotatable bonds is 2. The minimum Gasteiger partial charge on any atom is -0.496 e. The number of hydrogen-bond donors (Lipinski definition) is 1. The average molecular weight is 193 g/mol. The Morgan fingerprint density at radius 1 is 1.36 bits per heavy atom. The molecule has 0 aliphatic rings. The van der Waals surface area contributed by atoms with Gasteiger partial charge in [-0.05, 0) is 31.0 Å². The summed E-state index contributed by atoms with van der Waals surface area (Å²) in [5.41, 5.74) is 2.63. The Morgan fingerprint density at radius 2 is 2.00 bits per heavy atom. The lowest BCUT2D eigenvalue weighted by atomic mass is 10.0. The van der Waals surface area contributed by atoms with Gasteiger partial charge in [-0.15, -0.1) is 0 Å². The first-order chi connectivity index (χ1) is 6.60. The van der Waals surface area contributed by atoms with Crippen molar-refractivity contribution in [1.29, 1.82) is 0 Å². The summed E-state index contributed by atoms with van der Waals surface area (Å²) in [4.78, 5) is 11.5. The van der Waals surface area contributed by atoms with Gasteiger partial charge in [0, 0.05) is 7.05 Å². The first-order valence-electron chi connectivity index (χ1n) is 4.47. The first kappa shape index (κ1) is 10.6. The smallest absolute Gasteiger partial charge is 0.255 e. The third-order valence-corrected chi connectivity index (χ3v) is 2.12. The number of benzene rings is 1. The highest BCUT2D eigenvalue weighted by atomic mass is 16.5. The zero-order chi connectivity index (χ0) is 10.7. The van der Waals surface area contributed by atoms with Gasteiger partial charge in [0.25, 0.3) is 5.91 Å². The Labute approximate surface area is 84.1 Å². The van der Waals surface area contributed by atoms with Crippen LogP contribution in [0.2, 0.25) is 0 Å². The first-order valence-corrected chi connectivity index (χ1v) is 4.47. The van der Waals surface area contributed by atoms with E-state index in [0.29, 0.717) is 11.3 Å². The Balaban J connectivity index is 3.32. The summed E-state index contributed by atoms with van der Waals surface area (Å²) in [5.74, 6) is 0.515. The molecule has 0 bridgehead atoms. The highest BCUT2D eigenvalue weighted by Gasteiger charge is 2.13. The largest absolute Gasteiger partial charge is 0.496 e. The van der Waals surface area contributed by atoms with Gasteiger partial charge in [-0.3, -0.25) is 4.79 Å². The van der Waals surface area contributed by atoms with Gasteiger partial charge >= 0.3 is 0 Å². The average Bonchev–Trinajstić information content (AvgIpc) is 2.15. The lowest BCUT2D eigenvalue weighted by Gasteiger charge is -2.11. The molecule has 1 rings (SSSR count). The number of amides is 1. The second-order valence-corrected chi connectivity index (χ2v) is 3.24. The van der Waals surface area contributed by atoms with Gasteiger partial charge in [-0.2, -0.15) is 0 Å². The van der Waals surface area contributed by atoms with E-state index >= 15 is 0 Å². The minimum absolute atomic E-state index is 0.112. The van der Waals surface area contributed by atoms with Crippen molar-refractivity contribution in [2.24, 2.45) is 0 Å². The molecule has 0 aromatic heterocycles. The van der Waals surface area contributed by atoms with Crippen LogP contribution in [-0.2, 0) is 0 Å². The van der Waals surface area contributed by atoms with Crippen molar-refractivity contribution in [1.82, 2.24) is 5.32 Å². The van der Waals surface area contributed by atoms with E-state index in [2.05, 4.69) is 5.32 Å². The van der Waals surface area contributed by atoms with Crippen LogP contribution < -0.4 is 10.1 Å². The monoisotopic (exact) mass is 193 g/mol. The molecule has 14 heavy (non-hydrogen) atoms. The Morgan fingerprint density at radius 3 is 2.50 bits per heavy atom. The summed E-state index contributed by atoms with van der Waals surface area (Å²) in [7, 11) is 3.18. The lowest BCUT2D eigenvalue weighted by Crippen LogP contribution is -2.20. The van der Waals surface area contributed by atoms with E-state index in [1.54, 1.807) is 14.2 Å². The van der Waals surface area contributed by atoms with Gasteiger partial charge < -0.3 is 10.1 Å². The topological polar surface area (TPSA) is 38.3 Å².